The van der Waals surface area contributed by atoms with E-state index in [0.717, 1.165) is 11.5 Å². The smallest absolute Gasteiger partial charge is 0.162 e. The van der Waals surface area contributed by atoms with Crippen molar-refractivity contribution in [3.63, 3.8) is 0 Å². The molecular weight excluding hydrogens is 260 g/mol. The second-order valence-electron chi connectivity index (χ2n) is 5.45. The Bertz CT molecular complexity index is 775. The van der Waals surface area contributed by atoms with Crippen LogP contribution in [0.5, 0.6) is 11.5 Å². The quantitative estimate of drug-likeness (QED) is 0.613. The molecule has 2 nitrogen and oxygen atoms in total. The summed E-state index contributed by atoms with van der Waals surface area (Å²) in [5.74, 6) is 1.63. The van der Waals surface area contributed by atoms with Gasteiger partial charge in [0.1, 0.15) is 0 Å². The standard InChI is InChI=1S/C19H20O2/c1-4-20-18-11-16-9-14-7-5-6-8-15(14)10-17(16)12-19(18)21-13(2)3/h5-13H,4H2,1-3H3. The van der Waals surface area contributed by atoms with Crippen LogP contribution in [-0.4, -0.2) is 12.7 Å². The molecule has 0 fully saturated rings. The SMILES string of the molecule is CCOc1cc2cc3ccccc3cc2cc1OC(C)C. The summed E-state index contributed by atoms with van der Waals surface area (Å²) in [6, 6.07) is 16.9. The zero-order chi connectivity index (χ0) is 14.8. The fraction of sp³-hybridized carbons (Fsp3) is 0.263. The van der Waals surface area contributed by atoms with Crippen LogP contribution in [0.1, 0.15) is 20.8 Å². The maximum Gasteiger partial charge on any atom is 0.162 e. The van der Waals surface area contributed by atoms with Crippen LogP contribution in [0, 0.1) is 0 Å². The van der Waals surface area contributed by atoms with Gasteiger partial charge in [-0.3, -0.25) is 0 Å². The lowest BCUT2D eigenvalue weighted by atomic mass is 10.0. The summed E-state index contributed by atoms with van der Waals surface area (Å²) >= 11 is 0. The van der Waals surface area contributed by atoms with Gasteiger partial charge in [-0.15, -0.1) is 0 Å². The van der Waals surface area contributed by atoms with E-state index in [1.165, 1.54) is 21.5 Å². The molecule has 2 heteroatoms. The Labute approximate surface area is 125 Å². The van der Waals surface area contributed by atoms with E-state index in [9.17, 15) is 0 Å². The van der Waals surface area contributed by atoms with Gasteiger partial charge in [0.25, 0.3) is 0 Å². The third kappa shape index (κ3) is 2.80. The molecule has 0 atom stereocenters. The molecule has 0 saturated carbocycles. The number of ether oxygens (including phenoxy) is 2. The summed E-state index contributed by atoms with van der Waals surface area (Å²) in [7, 11) is 0. The van der Waals surface area contributed by atoms with E-state index in [1.807, 2.05) is 20.8 Å². The van der Waals surface area contributed by atoms with Gasteiger partial charge in [0.2, 0.25) is 0 Å². The molecule has 0 saturated heterocycles. The predicted octanol–water partition coefficient (Wildman–Crippen LogP) is 5.18. The summed E-state index contributed by atoms with van der Waals surface area (Å²) in [6.45, 7) is 6.68. The van der Waals surface area contributed by atoms with Crippen LogP contribution in [0.3, 0.4) is 0 Å². The second-order valence-corrected chi connectivity index (χ2v) is 5.45. The Morgan fingerprint density at radius 1 is 0.810 bits per heavy atom. The normalized spacial score (nSPS) is 11.2. The first-order valence-electron chi connectivity index (χ1n) is 7.43. The summed E-state index contributed by atoms with van der Waals surface area (Å²) in [5, 5.41) is 4.83. The van der Waals surface area contributed by atoms with E-state index in [4.69, 9.17) is 9.47 Å². The molecule has 21 heavy (non-hydrogen) atoms. The van der Waals surface area contributed by atoms with E-state index >= 15 is 0 Å². The molecule has 0 spiro atoms. The van der Waals surface area contributed by atoms with E-state index in [1.54, 1.807) is 0 Å². The highest BCUT2D eigenvalue weighted by atomic mass is 16.5. The summed E-state index contributed by atoms with van der Waals surface area (Å²) in [4.78, 5) is 0. The van der Waals surface area contributed by atoms with Gasteiger partial charge < -0.3 is 9.47 Å². The Kier molecular flexibility index (Phi) is 3.70. The maximum atomic E-state index is 5.89. The highest BCUT2D eigenvalue weighted by molar-refractivity contribution is 5.99. The molecule has 3 aromatic rings. The van der Waals surface area contributed by atoms with E-state index in [-0.39, 0.29) is 6.10 Å². The van der Waals surface area contributed by atoms with Crippen LogP contribution in [0.15, 0.2) is 48.5 Å². The van der Waals surface area contributed by atoms with E-state index in [2.05, 4.69) is 48.5 Å². The minimum atomic E-state index is 0.127. The molecule has 0 bridgehead atoms. The molecular formula is C19H20O2. The minimum Gasteiger partial charge on any atom is -0.490 e. The molecule has 3 rings (SSSR count). The van der Waals surface area contributed by atoms with E-state index < -0.39 is 0 Å². The lowest BCUT2D eigenvalue weighted by Gasteiger charge is -2.16. The topological polar surface area (TPSA) is 18.5 Å². The third-order valence-electron chi connectivity index (χ3n) is 3.43. The molecule has 0 heterocycles. The molecule has 0 aliphatic heterocycles. The fourth-order valence-electron chi connectivity index (χ4n) is 2.56. The van der Waals surface area contributed by atoms with Gasteiger partial charge in [0, 0.05) is 0 Å². The van der Waals surface area contributed by atoms with Crippen molar-refractivity contribution in [2.24, 2.45) is 0 Å². The van der Waals surface area contributed by atoms with Crippen LogP contribution < -0.4 is 9.47 Å². The van der Waals surface area contributed by atoms with Gasteiger partial charge >= 0.3 is 0 Å². The molecule has 0 aromatic heterocycles. The lowest BCUT2D eigenvalue weighted by molar-refractivity contribution is 0.224. The van der Waals surface area contributed by atoms with Crippen molar-refractivity contribution in [2.75, 3.05) is 6.61 Å². The molecule has 0 radical (unpaired) electrons. The van der Waals surface area contributed by atoms with Gasteiger partial charge in [-0.25, -0.2) is 0 Å². The van der Waals surface area contributed by atoms with Gasteiger partial charge in [0.15, 0.2) is 11.5 Å². The summed E-state index contributed by atoms with van der Waals surface area (Å²) in [6.07, 6.45) is 0.127. The fourth-order valence-corrected chi connectivity index (χ4v) is 2.56. The first-order valence-corrected chi connectivity index (χ1v) is 7.43. The molecule has 3 aromatic carbocycles. The highest BCUT2D eigenvalue weighted by Crippen LogP contribution is 2.35. The number of benzene rings is 3. The molecule has 108 valence electrons. The molecule has 0 N–H and O–H groups in total. The number of fused-ring (bicyclic) bond motifs is 2. The van der Waals surface area contributed by atoms with Crippen LogP contribution >= 0.6 is 0 Å². The Morgan fingerprint density at radius 3 is 1.90 bits per heavy atom. The monoisotopic (exact) mass is 280 g/mol. The molecule has 0 amide bonds. The Hall–Kier alpha value is -2.22. The van der Waals surface area contributed by atoms with Crippen LogP contribution in [0.25, 0.3) is 21.5 Å². The first kappa shape index (κ1) is 13.7. The van der Waals surface area contributed by atoms with Crippen LogP contribution in [-0.2, 0) is 0 Å². The van der Waals surface area contributed by atoms with Crippen molar-refractivity contribution in [3.05, 3.63) is 48.5 Å². The number of hydrogen-bond donors (Lipinski definition) is 0. The van der Waals surface area contributed by atoms with E-state index in [0.29, 0.717) is 6.61 Å². The van der Waals surface area contributed by atoms with Crippen molar-refractivity contribution in [1.29, 1.82) is 0 Å². The van der Waals surface area contributed by atoms with Crippen LogP contribution in [0.2, 0.25) is 0 Å². The largest absolute Gasteiger partial charge is 0.490 e. The molecule has 0 aliphatic rings. The van der Waals surface area contributed by atoms with Crippen molar-refractivity contribution in [1.82, 2.24) is 0 Å². The average molecular weight is 280 g/mol. The van der Waals surface area contributed by atoms with Crippen molar-refractivity contribution in [2.45, 2.75) is 26.9 Å². The first-order chi connectivity index (χ1) is 10.2. The zero-order valence-electron chi connectivity index (χ0n) is 12.7. The van der Waals surface area contributed by atoms with Gasteiger partial charge in [-0.05, 0) is 66.6 Å². The molecule has 0 unspecified atom stereocenters. The predicted molar refractivity (Wildman–Crippen MR) is 88.4 cm³/mol. The lowest BCUT2D eigenvalue weighted by Crippen LogP contribution is -2.07. The maximum absolute atomic E-state index is 5.89. The van der Waals surface area contributed by atoms with Gasteiger partial charge in [0.05, 0.1) is 12.7 Å². The van der Waals surface area contributed by atoms with Crippen molar-refractivity contribution in [3.8, 4) is 11.5 Å². The zero-order valence-corrected chi connectivity index (χ0v) is 12.7. The Morgan fingerprint density at radius 2 is 1.38 bits per heavy atom. The number of hydrogen-bond acceptors (Lipinski definition) is 2. The highest BCUT2D eigenvalue weighted by Gasteiger charge is 2.10. The van der Waals surface area contributed by atoms with Crippen LogP contribution in [0.4, 0.5) is 0 Å². The molecule has 0 aliphatic carbocycles. The van der Waals surface area contributed by atoms with Crippen molar-refractivity contribution >= 4 is 21.5 Å². The van der Waals surface area contributed by atoms with Gasteiger partial charge in [-0.2, -0.15) is 0 Å². The summed E-state index contributed by atoms with van der Waals surface area (Å²) < 4.78 is 11.6. The Balaban J connectivity index is 2.21. The summed E-state index contributed by atoms with van der Waals surface area (Å²) in [5.41, 5.74) is 0. The van der Waals surface area contributed by atoms with Crippen molar-refractivity contribution < 1.29 is 9.47 Å². The van der Waals surface area contributed by atoms with Gasteiger partial charge in [-0.1, -0.05) is 24.3 Å². The third-order valence-corrected chi connectivity index (χ3v) is 3.43. The second kappa shape index (κ2) is 5.65. The average Bonchev–Trinajstić information content (AvgIpc) is 2.45. The minimum absolute atomic E-state index is 0.127. The number of rotatable bonds is 4.